The number of nitrogens with two attached hydrogens (primary N) is 1. The predicted molar refractivity (Wildman–Crippen MR) is 64.6 cm³/mol. The summed E-state index contributed by atoms with van der Waals surface area (Å²) in [6.07, 6.45) is 0. The Balaban J connectivity index is 2.56. The molecule has 90 valence electrons. The highest BCUT2D eigenvalue weighted by molar-refractivity contribution is 5.43. The van der Waals surface area contributed by atoms with Crippen LogP contribution in [0.1, 0.15) is 31.0 Å². The Hall–Kier alpha value is -1.91. The average Bonchev–Trinajstić information content (AvgIpc) is 2.64. The van der Waals surface area contributed by atoms with Crippen LogP contribution in [0.5, 0.6) is 0 Å². The Morgan fingerprint density at radius 2 is 2.06 bits per heavy atom. The molecule has 2 N–H and O–H groups in total. The molecular formula is C12H15FN4. The third-order valence-corrected chi connectivity index (χ3v) is 2.68. The van der Waals surface area contributed by atoms with Crippen LogP contribution in [0.15, 0.2) is 18.2 Å². The standard InChI is InChI=1S/C12H15FN4/c1-7(2)11-12(14)15-16-17(11)9-5-4-8(3)10(13)6-9/h4-7H,14H2,1-3H3. The molecule has 0 saturated carbocycles. The summed E-state index contributed by atoms with van der Waals surface area (Å²) in [4.78, 5) is 0. The molecule has 0 bridgehead atoms. The fraction of sp³-hybridized carbons (Fsp3) is 0.333. The second-order valence-electron chi connectivity index (χ2n) is 4.36. The number of rotatable bonds is 2. The third kappa shape index (κ3) is 2.00. The molecule has 2 aromatic rings. The summed E-state index contributed by atoms with van der Waals surface area (Å²) in [6.45, 7) is 5.71. The minimum atomic E-state index is -0.258. The number of aromatic nitrogens is 3. The minimum absolute atomic E-state index is 0.175. The molecule has 0 aliphatic heterocycles. The number of nitrogen functional groups attached to an aromatic ring is 1. The van der Waals surface area contributed by atoms with E-state index in [1.54, 1.807) is 23.7 Å². The maximum absolute atomic E-state index is 13.5. The van der Waals surface area contributed by atoms with Gasteiger partial charge in [0.25, 0.3) is 0 Å². The van der Waals surface area contributed by atoms with Crippen LogP contribution in [0, 0.1) is 12.7 Å². The Morgan fingerprint density at radius 3 is 2.65 bits per heavy atom. The van der Waals surface area contributed by atoms with Crippen LogP contribution in [0.2, 0.25) is 0 Å². The molecule has 1 heterocycles. The lowest BCUT2D eigenvalue weighted by atomic mass is 10.1. The Bertz CT molecular complexity index is 545. The van der Waals surface area contributed by atoms with Gasteiger partial charge in [-0.1, -0.05) is 25.1 Å². The summed E-state index contributed by atoms with van der Waals surface area (Å²) in [5, 5.41) is 7.79. The van der Waals surface area contributed by atoms with Crippen molar-refractivity contribution in [3.63, 3.8) is 0 Å². The number of hydrogen-bond donors (Lipinski definition) is 1. The van der Waals surface area contributed by atoms with Gasteiger partial charge in [0, 0.05) is 0 Å². The van der Waals surface area contributed by atoms with Gasteiger partial charge in [-0.3, -0.25) is 0 Å². The molecule has 0 aliphatic carbocycles. The van der Waals surface area contributed by atoms with Gasteiger partial charge in [-0.15, -0.1) is 5.10 Å². The quantitative estimate of drug-likeness (QED) is 0.868. The molecule has 0 saturated heterocycles. The van der Waals surface area contributed by atoms with E-state index in [4.69, 9.17) is 5.73 Å². The zero-order chi connectivity index (χ0) is 12.6. The molecule has 0 amide bonds. The van der Waals surface area contributed by atoms with Gasteiger partial charge in [0.2, 0.25) is 0 Å². The molecule has 1 aromatic carbocycles. The highest BCUT2D eigenvalue weighted by Gasteiger charge is 2.15. The zero-order valence-electron chi connectivity index (χ0n) is 10.1. The predicted octanol–water partition coefficient (Wildman–Crippen LogP) is 2.42. The molecule has 0 radical (unpaired) electrons. The maximum Gasteiger partial charge on any atom is 0.169 e. The average molecular weight is 234 g/mol. The van der Waals surface area contributed by atoms with Gasteiger partial charge in [0.1, 0.15) is 5.82 Å². The van der Waals surface area contributed by atoms with Crippen molar-refractivity contribution < 1.29 is 4.39 Å². The van der Waals surface area contributed by atoms with E-state index < -0.39 is 0 Å². The highest BCUT2D eigenvalue weighted by Crippen LogP contribution is 2.23. The molecule has 2 rings (SSSR count). The second-order valence-corrected chi connectivity index (χ2v) is 4.36. The number of nitrogens with zero attached hydrogens (tertiary/aromatic N) is 3. The molecule has 0 aliphatic rings. The van der Waals surface area contributed by atoms with Gasteiger partial charge in [-0.2, -0.15) is 0 Å². The van der Waals surface area contributed by atoms with Crippen LogP contribution >= 0.6 is 0 Å². The molecule has 1 aromatic heterocycles. The number of halogens is 1. The number of aryl methyl sites for hydroxylation is 1. The van der Waals surface area contributed by atoms with E-state index in [9.17, 15) is 4.39 Å². The SMILES string of the molecule is Cc1ccc(-n2nnc(N)c2C(C)C)cc1F. The smallest absolute Gasteiger partial charge is 0.169 e. The lowest BCUT2D eigenvalue weighted by Crippen LogP contribution is -2.06. The molecule has 0 spiro atoms. The normalized spacial score (nSPS) is 11.1. The Morgan fingerprint density at radius 1 is 1.35 bits per heavy atom. The van der Waals surface area contributed by atoms with Crippen molar-refractivity contribution in [1.82, 2.24) is 15.0 Å². The van der Waals surface area contributed by atoms with Gasteiger partial charge in [0.15, 0.2) is 5.82 Å². The van der Waals surface area contributed by atoms with Gasteiger partial charge < -0.3 is 5.73 Å². The van der Waals surface area contributed by atoms with Crippen molar-refractivity contribution in [3.8, 4) is 5.69 Å². The lowest BCUT2D eigenvalue weighted by Gasteiger charge is -2.10. The second kappa shape index (κ2) is 4.16. The first-order chi connectivity index (χ1) is 8.00. The van der Waals surface area contributed by atoms with E-state index >= 15 is 0 Å². The van der Waals surface area contributed by atoms with E-state index in [0.717, 1.165) is 5.69 Å². The molecule has 0 unspecified atom stereocenters. The van der Waals surface area contributed by atoms with Crippen molar-refractivity contribution in [1.29, 1.82) is 0 Å². The largest absolute Gasteiger partial charge is 0.381 e. The molecule has 5 heteroatoms. The number of hydrogen-bond acceptors (Lipinski definition) is 3. The zero-order valence-corrected chi connectivity index (χ0v) is 10.1. The fourth-order valence-corrected chi connectivity index (χ4v) is 1.75. The Labute approximate surface area is 99.2 Å². The van der Waals surface area contributed by atoms with Gasteiger partial charge in [-0.05, 0) is 30.5 Å². The van der Waals surface area contributed by atoms with Gasteiger partial charge in [-0.25, -0.2) is 9.07 Å². The van der Waals surface area contributed by atoms with Crippen LogP contribution in [-0.4, -0.2) is 15.0 Å². The summed E-state index contributed by atoms with van der Waals surface area (Å²) in [5.74, 6) is 0.307. The van der Waals surface area contributed by atoms with Crippen molar-refractivity contribution in [2.24, 2.45) is 0 Å². The first-order valence-corrected chi connectivity index (χ1v) is 5.48. The fourth-order valence-electron chi connectivity index (χ4n) is 1.75. The first kappa shape index (κ1) is 11.6. The Kier molecular flexibility index (Phi) is 2.83. The van der Waals surface area contributed by atoms with E-state index in [1.807, 2.05) is 13.8 Å². The molecule has 0 atom stereocenters. The van der Waals surface area contributed by atoms with Crippen molar-refractivity contribution in [3.05, 3.63) is 35.3 Å². The summed E-state index contributed by atoms with van der Waals surface area (Å²) >= 11 is 0. The number of benzene rings is 1. The van der Waals surface area contributed by atoms with E-state index in [-0.39, 0.29) is 11.7 Å². The van der Waals surface area contributed by atoms with Crippen molar-refractivity contribution in [2.45, 2.75) is 26.7 Å². The van der Waals surface area contributed by atoms with Gasteiger partial charge in [0.05, 0.1) is 11.4 Å². The van der Waals surface area contributed by atoms with Crippen LogP contribution in [0.4, 0.5) is 10.2 Å². The highest BCUT2D eigenvalue weighted by atomic mass is 19.1. The topological polar surface area (TPSA) is 56.7 Å². The maximum atomic E-state index is 13.5. The molecule has 0 fully saturated rings. The third-order valence-electron chi connectivity index (χ3n) is 2.68. The van der Waals surface area contributed by atoms with E-state index in [1.165, 1.54) is 6.07 Å². The van der Waals surface area contributed by atoms with Crippen LogP contribution < -0.4 is 5.73 Å². The monoisotopic (exact) mass is 234 g/mol. The van der Waals surface area contributed by atoms with Crippen LogP contribution in [-0.2, 0) is 0 Å². The summed E-state index contributed by atoms with van der Waals surface area (Å²) in [6, 6.07) is 4.96. The minimum Gasteiger partial charge on any atom is -0.381 e. The lowest BCUT2D eigenvalue weighted by molar-refractivity contribution is 0.613. The summed E-state index contributed by atoms with van der Waals surface area (Å²) in [5.41, 5.74) is 7.80. The molecule has 4 nitrogen and oxygen atoms in total. The first-order valence-electron chi connectivity index (χ1n) is 5.48. The summed E-state index contributed by atoms with van der Waals surface area (Å²) < 4.78 is 15.1. The number of anilines is 1. The van der Waals surface area contributed by atoms with Crippen LogP contribution in [0.3, 0.4) is 0 Å². The van der Waals surface area contributed by atoms with Crippen molar-refractivity contribution >= 4 is 5.82 Å². The van der Waals surface area contributed by atoms with Crippen LogP contribution in [0.25, 0.3) is 5.69 Å². The van der Waals surface area contributed by atoms with Crippen molar-refractivity contribution in [2.75, 3.05) is 5.73 Å². The van der Waals surface area contributed by atoms with Gasteiger partial charge >= 0.3 is 0 Å². The van der Waals surface area contributed by atoms with E-state index in [0.29, 0.717) is 17.1 Å². The van der Waals surface area contributed by atoms with E-state index in [2.05, 4.69) is 10.3 Å². The summed E-state index contributed by atoms with van der Waals surface area (Å²) in [7, 11) is 0. The molecular weight excluding hydrogens is 219 g/mol. The molecule has 17 heavy (non-hydrogen) atoms.